The molecule has 0 unspecified atom stereocenters. The Bertz CT molecular complexity index is 3450. The number of imidazole rings is 1. The number of fused-ring (bicyclic) bond motifs is 3. The van der Waals surface area contributed by atoms with Gasteiger partial charge in [-0.15, -0.1) is 0 Å². The van der Waals surface area contributed by atoms with Crippen molar-refractivity contribution in [2.75, 3.05) is 0 Å². The molecule has 7 heterocycles. The number of pyridine rings is 3. The minimum absolute atomic E-state index is 0.242. The Hall–Kier alpha value is -6.62. The maximum absolute atomic E-state index is 6.64. The van der Waals surface area contributed by atoms with E-state index in [-0.39, 0.29) is 5.41 Å². The zero-order valence-electron chi connectivity index (χ0n) is 35.7. The number of aryl methyl sites for hydroxylation is 4. The van der Waals surface area contributed by atoms with Gasteiger partial charge in [-0.25, -0.2) is 0 Å². The fourth-order valence-electron chi connectivity index (χ4n) is 9.49. The van der Waals surface area contributed by atoms with E-state index in [2.05, 4.69) is 205 Å². The molecule has 0 fully saturated rings. The average molecular weight is 999 g/mol. The van der Waals surface area contributed by atoms with E-state index in [1.165, 1.54) is 55.7 Å². The quantitative estimate of drug-likeness (QED) is 0.150. The summed E-state index contributed by atoms with van der Waals surface area (Å²) in [6.45, 7) is 9.10. The Kier molecular flexibility index (Phi) is 9.73. The van der Waals surface area contributed by atoms with Crippen molar-refractivity contribution in [2.45, 2.75) is 58.8 Å². The molecule has 10 aromatic rings. The van der Waals surface area contributed by atoms with E-state index in [0.717, 1.165) is 68.4 Å². The Morgan fingerprint density at radius 1 is 0.635 bits per heavy atom. The van der Waals surface area contributed by atoms with E-state index in [4.69, 9.17) is 9.72 Å². The maximum atomic E-state index is 6.64. The molecular formula is C56H45N5OPt-2. The van der Waals surface area contributed by atoms with Crippen LogP contribution in [0.2, 0.25) is 0 Å². The van der Waals surface area contributed by atoms with Gasteiger partial charge in [0, 0.05) is 11.6 Å². The first kappa shape index (κ1) is 39.2. The summed E-state index contributed by atoms with van der Waals surface area (Å²) in [4.78, 5) is 9.68. The van der Waals surface area contributed by atoms with Crippen LogP contribution in [-0.4, -0.2) is 23.5 Å². The standard InChI is InChI=1S/C56H45N5O.Pt/c1-37-38(2)40-16-15-39(37)17-18-42-20-23-46(22-19-40)60-36-59(35-54(42)60)47-31-49(34-57-33-47)62-48-24-25-50-51-29-43(41-11-7-5-8-12-41)21-26-52(51)61(53(50)32-48)55-30-45(27-28-58-55)56(3,4)44-13-9-6-10-14-44;/h5-16,20-21,23-30,33-35H,17-19,22H2,1-4H3;/q-2;. The molecule has 7 heteroatoms. The number of ether oxygens (including phenoxy) is 1. The van der Waals surface area contributed by atoms with Crippen LogP contribution < -0.4 is 4.74 Å². The summed E-state index contributed by atoms with van der Waals surface area (Å²) in [5, 5.41) is 2.18. The third kappa shape index (κ3) is 6.89. The molecule has 0 spiro atoms. The third-order valence-electron chi connectivity index (χ3n) is 13.3. The van der Waals surface area contributed by atoms with Crippen LogP contribution in [0, 0.1) is 29.8 Å². The van der Waals surface area contributed by atoms with E-state index in [1.807, 2.05) is 18.5 Å². The Balaban J connectivity index is 0.991. The van der Waals surface area contributed by atoms with Gasteiger partial charge in [0.1, 0.15) is 0 Å². The van der Waals surface area contributed by atoms with Gasteiger partial charge >= 0.3 is 260 Å². The third-order valence-corrected chi connectivity index (χ3v) is 14.4. The molecule has 5 aromatic heterocycles. The average Bonchev–Trinajstić information content (AvgIpc) is 3.83. The van der Waals surface area contributed by atoms with E-state index in [1.54, 1.807) is 6.20 Å². The number of aromatic nitrogens is 5. The van der Waals surface area contributed by atoms with Crippen molar-refractivity contribution in [3.05, 3.63) is 213 Å². The number of rotatable bonds is 7. The van der Waals surface area contributed by atoms with Gasteiger partial charge in [0.05, 0.1) is 0 Å². The predicted octanol–water partition coefficient (Wildman–Crippen LogP) is 12.6. The normalized spacial score (nSPS) is 12.9. The van der Waals surface area contributed by atoms with Crippen LogP contribution in [0.25, 0.3) is 50.0 Å². The van der Waals surface area contributed by atoms with Crippen LogP contribution in [0.15, 0.2) is 152 Å². The summed E-state index contributed by atoms with van der Waals surface area (Å²) in [6, 6.07) is 52.9. The van der Waals surface area contributed by atoms with E-state index >= 15 is 0 Å². The number of nitrogens with zero attached hydrogens (tertiary/aromatic N) is 5. The molecule has 312 valence electrons. The van der Waals surface area contributed by atoms with Gasteiger partial charge in [-0.1, -0.05) is 80.6 Å². The monoisotopic (exact) mass is 998 g/mol. The molecule has 0 saturated carbocycles. The fraction of sp³-hybridized carbons (Fsp3) is 0.161. The Labute approximate surface area is 378 Å². The van der Waals surface area contributed by atoms with Crippen molar-refractivity contribution in [1.29, 1.82) is 0 Å². The molecule has 0 radical (unpaired) electrons. The van der Waals surface area contributed by atoms with Gasteiger partial charge in [0.15, 0.2) is 0 Å². The second kappa shape index (κ2) is 15.6. The molecule has 0 amide bonds. The van der Waals surface area contributed by atoms with Gasteiger partial charge in [0.2, 0.25) is 0 Å². The van der Waals surface area contributed by atoms with Crippen molar-refractivity contribution >= 4 is 27.3 Å². The van der Waals surface area contributed by atoms with Crippen molar-refractivity contribution in [3.8, 4) is 34.1 Å². The number of hydrogen-bond acceptors (Lipinski definition) is 3. The summed E-state index contributed by atoms with van der Waals surface area (Å²) in [5.74, 6) is 1.90. The van der Waals surface area contributed by atoms with Gasteiger partial charge in [-0.3, -0.25) is 0 Å². The first-order valence-electron chi connectivity index (χ1n) is 21.6. The number of hydrogen-bond donors (Lipinski definition) is 0. The van der Waals surface area contributed by atoms with Gasteiger partial charge in [0.25, 0.3) is 0 Å². The molecule has 0 saturated heterocycles. The minimum atomic E-state index is -0.242. The van der Waals surface area contributed by atoms with Crippen molar-refractivity contribution < 1.29 is 24.1 Å². The van der Waals surface area contributed by atoms with Crippen LogP contribution in [-0.2, 0) is 50.5 Å². The summed E-state index contributed by atoms with van der Waals surface area (Å²) in [5.41, 5.74) is 16.8. The molecule has 2 aliphatic carbocycles. The van der Waals surface area contributed by atoms with E-state index in [0.29, 0.717) is 11.5 Å². The second-order valence-corrected chi connectivity index (χ2v) is 18.3. The van der Waals surface area contributed by atoms with Crippen LogP contribution in [0.5, 0.6) is 11.5 Å². The van der Waals surface area contributed by atoms with Gasteiger partial charge in [-0.05, 0) is 28.3 Å². The van der Waals surface area contributed by atoms with Crippen LogP contribution in [0.3, 0.4) is 0 Å². The molecular weight excluding hydrogens is 954 g/mol. The molecule has 2 aliphatic heterocycles. The molecule has 6 nitrogen and oxygen atoms in total. The fourth-order valence-corrected chi connectivity index (χ4v) is 10.5. The predicted molar refractivity (Wildman–Crippen MR) is 249 cm³/mol. The van der Waals surface area contributed by atoms with Crippen LogP contribution in [0.1, 0.15) is 58.5 Å². The Morgan fingerprint density at radius 3 is 2.16 bits per heavy atom. The molecule has 0 atom stereocenters. The van der Waals surface area contributed by atoms with Crippen LogP contribution in [0.4, 0.5) is 0 Å². The van der Waals surface area contributed by atoms with E-state index < -0.39 is 0 Å². The SMILES string of the molecule is Cc1c2ccc(c1C)CCc1ccc(c3cn(-c4[c-]c(Oc5[c-]c6c(cc5)c5cc(-c7ccccc7)ccc5n6-c5cc(C(C)(C)c6ccccc6)ccn5)cnc4)[c](=[Pt])n13)CC2. The molecule has 4 aliphatic rings. The summed E-state index contributed by atoms with van der Waals surface area (Å²) < 4.78 is 14.5. The first-order valence-corrected chi connectivity index (χ1v) is 22.8. The number of benzene rings is 5. The second-order valence-electron chi connectivity index (χ2n) is 17.2. The summed E-state index contributed by atoms with van der Waals surface area (Å²) >= 11 is 2.46. The van der Waals surface area contributed by atoms with Crippen molar-refractivity contribution in [2.24, 2.45) is 0 Å². The summed E-state index contributed by atoms with van der Waals surface area (Å²) in [6.07, 6.45) is 11.6. The van der Waals surface area contributed by atoms with Crippen molar-refractivity contribution in [1.82, 2.24) is 23.5 Å². The molecule has 4 bridgehead atoms. The molecule has 5 aromatic carbocycles. The summed E-state index contributed by atoms with van der Waals surface area (Å²) in [7, 11) is 0. The van der Waals surface area contributed by atoms with E-state index in [9.17, 15) is 0 Å². The first-order chi connectivity index (χ1) is 30.7. The molecule has 14 rings (SSSR count). The topological polar surface area (TPSA) is 49.3 Å². The van der Waals surface area contributed by atoms with Crippen LogP contribution >= 0.6 is 0 Å². The zero-order chi connectivity index (χ0) is 42.8. The van der Waals surface area contributed by atoms with Gasteiger partial charge in [-0.2, -0.15) is 0 Å². The van der Waals surface area contributed by atoms with Gasteiger partial charge < -0.3 is 0 Å². The molecule has 0 N–H and O–H groups in total. The van der Waals surface area contributed by atoms with Crippen molar-refractivity contribution in [3.63, 3.8) is 0 Å². The zero-order valence-corrected chi connectivity index (χ0v) is 38.0. The molecule has 63 heavy (non-hydrogen) atoms. The Morgan fingerprint density at radius 2 is 1.37 bits per heavy atom.